The third-order valence-electron chi connectivity index (χ3n) is 4.71. The fourth-order valence-electron chi connectivity index (χ4n) is 3.18. The van der Waals surface area contributed by atoms with Crippen LogP contribution in [0.25, 0.3) is 11.1 Å². The van der Waals surface area contributed by atoms with Crippen LogP contribution in [0.3, 0.4) is 0 Å². The molecule has 3 rings (SSSR count). The molecule has 0 radical (unpaired) electrons. The van der Waals surface area contributed by atoms with Gasteiger partial charge in [0.1, 0.15) is 5.52 Å². The largest absolute Gasteiger partial charge is 0.431 e. The first-order chi connectivity index (χ1) is 13.0. The second kappa shape index (κ2) is 8.62. The maximum absolute atomic E-state index is 12.6. The molecule has 0 saturated carbocycles. The van der Waals surface area contributed by atoms with Crippen molar-refractivity contribution in [2.75, 3.05) is 31.9 Å². The Bertz CT molecular complexity index is 900. The lowest BCUT2D eigenvalue weighted by atomic mass is 10.1. The molecule has 1 aliphatic heterocycles. The van der Waals surface area contributed by atoms with Crippen molar-refractivity contribution >= 4 is 38.8 Å². The lowest BCUT2D eigenvalue weighted by Crippen LogP contribution is -2.36. The van der Waals surface area contributed by atoms with Gasteiger partial charge in [-0.3, -0.25) is 4.79 Å². The molecule has 1 fully saturated rings. The van der Waals surface area contributed by atoms with E-state index < -0.39 is 10.0 Å². The Morgan fingerprint density at radius 3 is 2.59 bits per heavy atom. The van der Waals surface area contributed by atoms with Gasteiger partial charge in [0.15, 0.2) is 5.58 Å². The Morgan fingerprint density at radius 1 is 1.22 bits per heavy atom. The first-order valence-electron chi connectivity index (χ1n) is 9.27. The summed E-state index contributed by atoms with van der Waals surface area (Å²) >= 11 is 1.25. The first-order valence-corrected chi connectivity index (χ1v) is 11.7. The van der Waals surface area contributed by atoms with Gasteiger partial charge in [-0.1, -0.05) is 25.6 Å². The standard InChI is InChI=1S/C18H25N3O4S2/c1-3-21(4-2)27(23,24)14-8-9-16-15(12-14)19-18(25-16)26-13-17(22)20-10-6-5-7-11-20/h8-9,12H,3-7,10-11,13H2,1-2H3. The molecule has 2 heterocycles. The fourth-order valence-corrected chi connectivity index (χ4v) is 5.40. The molecule has 2 aromatic rings. The molecular formula is C18H25N3O4S2. The third kappa shape index (κ3) is 4.47. The van der Waals surface area contributed by atoms with Gasteiger partial charge in [-0.15, -0.1) is 0 Å². The van der Waals surface area contributed by atoms with Crippen molar-refractivity contribution in [3.63, 3.8) is 0 Å². The molecule has 0 aliphatic carbocycles. The Labute approximate surface area is 164 Å². The van der Waals surface area contributed by atoms with Crippen LogP contribution >= 0.6 is 11.8 Å². The number of sulfonamides is 1. The van der Waals surface area contributed by atoms with Crippen LogP contribution in [-0.4, -0.2) is 60.4 Å². The Kier molecular flexibility index (Phi) is 6.44. The monoisotopic (exact) mass is 411 g/mol. The highest BCUT2D eigenvalue weighted by Gasteiger charge is 2.23. The summed E-state index contributed by atoms with van der Waals surface area (Å²) < 4.78 is 32.4. The van der Waals surface area contributed by atoms with Crippen molar-refractivity contribution in [3.05, 3.63) is 18.2 Å². The van der Waals surface area contributed by atoms with Gasteiger partial charge in [-0.2, -0.15) is 4.31 Å². The number of aromatic nitrogens is 1. The average Bonchev–Trinajstić information content (AvgIpc) is 3.09. The van der Waals surface area contributed by atoms with Gasteiger partial charge in [0.25, 0.3) is 5.22 Å². The van der Waals surface area contributed by atoms with E-state index in [2.05, 4.69) is 4.98 Å². The van der Waals surface area contributed by atoms with Crippen molar-refractivity contribution in [2.24, 2.45) is 0 Å². The zero-order chi connectivity index (χ0) is 19.4. The van der Waals surface area contributed by atoms with Gasteiger partial charge < -0.3 is 9.32 Å². The summed E-state index contributed by atoms with van der Waals surface area (Å²) in [5, 5.41) is 0.382. The number of benzene rings is 1. The second-order valence-corrected chi connectivity index (χ2v) is 9.29. The van der Waals surface area contributed by atoms with Crippen molar-refractivity contribution in [1.82, 2.24) is 14.2 Å². The van der Waals surface area contributed by atoms with E-state index in [4.69, 9.17) is 4.42 Å². The maximum atomic E-state index is 12.6. The minimum Gasteiger partial charge on any atom is -0.431 e. The molecule has 0 spiro atoms. The Balaban J connectivity index is 1.73. The molecule has 1 amide bonds. The zero-order valence-electron chi connectivity index (χ0n) is 15.7. The predicted molar refractivity (Wildman–Crippen MR) is 105 cm³/mol. The number of piperidine rings is 1. The third-order valence-corrected chi connectivity index (χ3v) is 7.57. The number of amides is 1. The average molecular weight is 412 g/mol. The highest BCUT2D eigenvalue weighted by atomic mass is 32.2. The number of hydrogen-bond acceptors (Lipinski definition) is 6. The summed E-state index contributed by atoms with van der Waals surface area (Å²) in [5.41, 5.74) is 0.998. The van der Waals surface area contributed by atoms with E-state index in [0.29, 0.717) is 29.4 Å². The molecular weight excluding hydrogens is 386 g/mol. The molecule has 27 heavy (non-hydrogen) atoms. The number of likely N-dealkylation sites (tertiary alicyclic amines) is 1. The van der Waals surface area contributed by atoms with Gasteiger partial charge in [0.05, 0.1) is 10.6 Å². The topological polar surface area (TPSA) is 83.7 Å². The summed E-state index contributed by atoms with van der Waals surface area (Å²) in [5.74, 6) is 0.365. The van der Waals surface area contributed by atoms with Crippen molar-refractivity contribution in [2.45, 2.75) is 43.2 Å². The van der Waals surface area contributed by atoms with Crippen LogP contribution in [0.2, 0.25) is 0 Å². The lowest BCUT2D eigenvalue weighted by molar-refractivity contribution is -0.129. The number of carbonyl (C=O) groups is 1. The van der Waals surface area contributed by atoms with E-state index in [-0.39, 0.29) is 16.6 Å². The van der Waals surface area contributed by atoms with Crippen LogP contribution in [-0.2, 0) is 14.8 Å². The highest BCUT2D eigenvalue weighted by molar-refractivity contribution is 7.99. The summed E-state index contributed by atoms with van der Waals surface area (Å²) in [7, 11) is -3.54. The minimum absolute atomic E-state index is 0.0896. The second-order valence-electron chi connectivity index (χ2n) is 6.43. The normalized spacial score (nSPS) is 15.6. The highest BCUT2D eigenvalue weighted by Crippen LogP contribution is 2.27. The number of oxazole rings is 1. The molecule has 1 aromatic heterocycles. The van der Waals surface area contributed by atoms with Crippen molar-refractivity contribution in [3.8, 4) is 0 Å². The first kappa shape index (κ1) is 20.2. The number of thioether (sulfide) groups is 1. The van der Waals surface area contributed by atoms with Crippen molar-refractivity contribution < 1.29 is 17.6 Å². The molecule has 0 N–H and O–H groups in total. The van der Waals surface area contributed by atoms with E-state index in [1.807, 2.05) is 18.7 Å². The van der Waals surface area contributed by atoms with Crippen LogP contribution < -0.4 is 0 Å². The summed E-state index contributed by atoms with van der Waals surface area (Å²) in [4.78, 5) is 18.7. The SMILES string of the molecule is CCN(CC)S(=O)(=O)c1ccc2oc(SCC(=O)N3CCCCC3)nc2c1. The van der Waals surface area contributed by atoms with Crippen LogP contribution in [0.4, 0.5) is 0 Å². The van der Waals surface area contributed by atoms with Gasteiger partial charge in [-0.05, 0) is 37.5 Å². The zero-order valence-corrected chi connectivity index (χ0v) is 17.3. The quantitative estimate of drug-likeness (QED) is 0.652. The summed E-state index contributed by atoms with van der Waals surface area (Å²) in [6.45, 7) is 6.08. The predicted octanol–water partition coefficient (Wildman–Crippen LogP) is 2.96. The molecule has 0 atom stereocenters. The molecule has 1 saturated heterocycles. The number of rotatable bonds is 7. The van der Waals surface area contributed by atoms with E-state index in [9.17, 15) is 13.2 Å². The maximum Gasteiger partial charge on any atom is 0.257 e. The molecule has 0 unspecified atom stereocenters. The van der Waals surface area contributed by atoms with E-state index >= 15 is 0 Å². The van der Waals surface area contributed by atoms with Gasteiger partial charge >= 0.3 is 0 Å². The van der Waals surface area contributed by atoms with Gasteiger partial charge in [-0.25, -0.2) is 13.4 Å². The smallest absolute Gasteiger partial charge is 0.257 e. The van der Waals surface area contributed by atoms with Crippen LogP contribution in [0.15, 0.2) is 32.7 Å². The summed E-state index contributed by atoms with van der Waals surface area (Å²) in [6.07, 6.45) is 3.30. The van der Waals surface area contributed by atoms with E-state index in [0.717, 1.165) is 25.9 Å². The summed E-state index contributed by atoms with van der Waals surface area (Å²) in [6, 6.07) is 4.69. The van der Waals surface area contributed by atoms with Gasteiger partial charge in [0, 0.05) is 26.2 Å². The minimum atomic E-state index is -3.54. The molecule has 1 aliphatic rings. The molecule has 7 nitrogen and oxygen atoms in total. The number of carbonyl (C=O) groups excluding carboxylic acids is 1. The number of hydrogen-bond donors (Lipinski definition) is 0. The van der Waals surface area contributed by atoms with Crippen LogP contribution in [0.5, 0.6) is 0 Å². The lowest BCUT2D eigenvalue weighted by Gasteiger charge is -2.26. The van der Waals surface area contributed by atoms with Crippen LogP contribution in [0, 0.1) is 0 Å². The fraction of sp³-hybridized carbons (Fsp3) is 0.556. The van der Waals surface area contributed by atoms with E-state index in [1.54, 1.807) is 6.07 Å². The number of nitrogens with zero attached hydrogens (tertiary/aromatic N) is 3. The number of fused-ring (bicyclic) bond motifs is 1. The van der Waals surface area contributed by atoms with Gasteiger partial charge in [0.2, 0.25) is 15.9 Å². The molecule has 148 valence electrons. The van der Waals surface area contributed by atoms with E-state index in [1.165, 1.54) is 34.6 Å². The molecule has 0 bridgehead atoms. The molecule has 1 aromatic carbocycles. The van der Waals surface area contributed by atoms with Crippen LogP contribution in [0.1, 0.15) is 33.1 Å². The van der Waals surface area contributed by atoms with Crippen molar-refractivity contribution in [1.29, 1.82) is 0 Å². The Hall–Kier alpha value is -1.58. The Morgan fingerprint density at radius 2 is 1.93 bits per heavy atom. The molecule has 9 heteroatoms.